The van der Waals surface area contributed by atoms with E-state index in [9.17, 15) is 0 Å². The number of hydrogen-bond donors (Lipinski definition) is 0. The Morgan fingerprint density at radius 2 is 1.12 bits per heavy atom. The third kappa shape index (κ3) is 5.72. The maximum Gasteiger partial charge on any atom is -0.0197 e. The molecule has 0 radical (unpaired) electrons. The van der Waals surface area contributed by atoms with Crippen molar-refractivity contribution in [2.75, 3.05) is 0 Å². The molecule has 34 heavy (non-hydrogen) atoms. The molecule has 5 aromatic rings. The van der Waals surface area contributed by atoms with Crippen LogP contribution in [-0.4, -0.2) is 3.21 Å². The van der Waals surface area contributed by atoms with Gasteiger partial charge in [0, 0.05) is 0 Å². The van der Waals surface area contributed by atoms with Gasteiger partial charge < -0.3 is 0 Å². The number of benzene rings is 4. The summed E-state index contributed by atoms with van der Waals surface area (Å²) in [6, 6.07) is 37.0. The van der Waals surface area contributed by atoms with E-state index in [2.05, 4.69) is 115 Å². The van der Waals surface area contributed by atoms with Gasteiger partial charge in [-0.25, -0.2) is 12.2 Å². The largest absolute Gasteiger partial charge is 0.126 e. The molecular weight excluding hydrogens is 488 g/mol. The average Bonchev–Trinajstić information content (AvgIpc) is 3.34. The molecule has 0 N–H and O–H groups in total. The van der Waals surface area contributed by atoms with Gasteiger partial charge >= 0.3 is 40.3 Å². The van der Waals surface area contributed by atoms with Gasteiger partial charge in [0.2, 0.25) is 0 Å². The molecule has 1 fully saturated rings. The maximum absolute atomic E-state index is 2.99. The molecule has 0 bridgehead atoms. The van der Waals surface area contributed by atoms with Crippen LogP contribution in [0.2, 0.25) is 0 Å². The van der Waals surface area contributed by atoms with E-state index in [1.54, 1.807) is 27.4 Å². The van der Waals surface area contributed by atoms with E-state index in [0.29, 0.717) is 0 Å². The quantitative estimate of drug-likeness (QED) is 0.207. The second kappa shape index (κ2) is 10.9. The van der Waals surface area contributed by atoms with Gasteiger partial charge in [-0.05, 0) is 22.3 Å². The Hall–Kier alpha value is -3.02. The van der Waals surface area contributed by atoms with Gasteiger partial charge in [-0.1, -0.05) is 84.9 Å². The maximum atomic E-state index is 2.99. The van der Waals surface area contributed by atoms with E-state index in [0.717, 1.165) is 6.42 Å². The molecule has 0 unspecified atom stereocenters. The average molecular weight is 514 g/mol. The molecule has 0 nitrogen and oxygen atoms in total. The molecule has 162 valence electrons. The van der Waals surface area contributed by atoms with Gasteiger partial charge in [-0.3, -0.25) is 6.08 Å². The number of allylic oxidation sites excluding steroid dienone is 4. The van der Waals surface area contributed by atoms with Crippen LogP contribution in [0.15, 0.2) is 121 Å². The van der Waals surface area contributed by atoms with Gasteiger partial charge in [0.05, 0.1) is 0 Å². The Morgan fingerprint density at radius 3 is 1.47 bits per heavy atom. The summed E-state index contributed by atoms with van der Waals surface area (Å²) in [7, 11) is 0. The molecule has 0 saturated heterocycles. The summed E-state index contributed by atoms with van der Waals surface area (Å²) in [5.74, 6) is 0. The minimum Gasteiger partial charge on any atom is -0.126 e. The van der Waals surface area contributed by atoms with Crippen LogP contribution < -0.4 is 0 Å². The van der Waals surface area contributed by atoms with Crippen LogP contribution in [0.4, 0.5) is 0 Å². The molecule has 2 aliphatic rings. The fourth-order valence-corrected chi connectivity index (χ4v) is 4.33. The standard InChI is InChI=1S/C25H17.C5H5.C3H4.Zr/c1-3-7-18(8-4-1)20-11-13-22-15-23-14-12-21(17-25(23)24(22)16-20)19-9-5-2-6-10-19;1-2-4-5-3-1;1-2-3-1;/h1-17H;1-3H,4H2;1-2H2;/q2*-1;;+2. The van der Waals surface area contributed by atoms with Gasteiger partial charge in [-0.15, -0.1) is 46.2 Å². The van der Waals surface area contributed by atoms with E-state index in [1.807, 2.05) is 12.2 Å². The molecule has 0 spiro atoms. The fraction of sp³-hybridized carbons (Fsp3) is 0.0909. The fourth-order valence-electron chi connectivity index (χ4n) is 4.02. The van der Waals surface area contributed by atoms with E-state index >= 15 is 0 Å². The normalized spacial score (nSPS) is 13.4. The zero-order valence-corrected chi connectivity index (χ0v) is 21.6. The van der Waals surface area contributed by atoms with Gasteiger partial charge in [-0.2, -0.15) is 6.08 Å². The van der Waals surface area contributed by atoms with Crippen LogP contribution in [0.3, 0.4) is 0 Å². The first-order chi connectivity index (χ1) is 16.8. The van der Waals surface area contributed by atoms with E-state index in [4.69, 9.17) is 0 Å². The van der Waals surface area contributed by atoms with Crippen molar-refractivity contribution in [3.05, 3.63) is 127 Å². The van der Waals surface area contributed by atoms with Crippen molar-refractivity contribution in [3.63, 3.8) is 0 Å². The molecular formula is C33H26Zr. The molecule has 7 rings (SSSR count). The molecule has 5 aromatic carbocycles. The van der Waals surface area contributed by atoms with E-state index in [1.165, 1.54) is 56.6 Å². The zero-order chi connectivity index (χ0) is 23.2. The van der Waals surface area contributed by atoms with Crippen LogP contribution in [0.25, 0.3) is 43.8 Å². The van der Waals surface area contributed by atoms with Crippen molar-refractivity contribution >= 4 is 24.8 Å². The molecule has 1 saturated carbocycles. The molecule has 0 aliphatic heterocycles. The Labute approximate surface area is 217 Å². The Bertz CT molecular complexity index is 1360. The predicted molar refractivity (Wildman–Crippen MR) is 144 cm³/mol. The third-order valence-electron chi connectivity index (χ3n) is 6.01. The molecule has 0 atom stereocenters. The monoisotopic (exact) mass is 512 g/mol. The zero-order valence-electron chi connectivity index (χ0n) is 19.2. The third-order valence-corrected chi connectivity index (χ3v) is 7.24. The van der Waals surface area contributed by atoms with Crippen LogP contribution >= 0.6 is 0 Å². The summed E-state index contributed by atoms with van der Waals surface area (Å²) in [6.45, 7) is 0. The Kier molecular flexibility index (Phi) is 7.32. The second-order valence-corrected chi connectivity index (χ2v) is 10.3. The van der Waals surface area contributed by atoms with Crippen molar-refractivity contribution in [2.24, 2.45) is 0 Å². The molecule has 2 aliphatic carbocycles. The van der Waals surface area contributed by atoms with Crippen LogP contribution in [0, 0.1) is 6.08 Å². The van der Waals surface area contributed by atoms with Crippen molar-refractivity contribution in [1.29, 1.82) is 0 Å². The van der Waals surface area contributed by atoms with Crippen molar-refractivity contribution in [3.8, 4) is 22.3 Å². The van der Waals surface area contributed by atoms with Gasteiger partial charge in [0.15, 0.2) is 0 Å². The topological polar surface area (TPSA) is 0 Å². The summed E-state index contributed by atoms with van der Waals surface area (Å²) in [6.07, 6.45) is 12.9. The molecule has 0 heterocycles. The van der Waals surface area contributed by atoms with Crippen molar-refractivity contribution in [1.82, 2.24) is 0 Å². The van der Waals surface area contributed by atoms with E-state index in [-0.39, 0.29) is 0 Å². The first-order valence-electron chi connectivity index (χ1n) is 11.8. The van der Waals surface area contributed by atoms with E-state index < -0.39 is 0 Å². The Morgan fingerprint density at radius 1 is 0.618 bits per heavy atom. The van der Waals surface area contributed by atoms with Crippen molar-refractivity contribution in [2.45, 2.75) is 19.3 Å². The van der Waals surface area contributed by atoms with Gasteiger partial charge in [0.25, 0.3) is 0 Å². The smallest absolute Gasteiger partial charge is 0.0197 e. The van der Waals surface area contributed by atoms with Crippen LogP contribution in [0.5, 0.6) is 0 Å². The number of hydrogen-bond acceptors (Lipinski definition) is 0. The predicted octanol–water partition coefficient (Wildman–Crippen LogP) is 8.85. The molecule has 1 heteroatoms. The minimum atomic E-state index is 1.01. The summed E-state index contributed by atoms with van der Waals surface area (Å²) >= 11 is 1.66. The first-order valence-corrected chi connectivity index (χ1v) is 13.0. The molecule has 0 amide bonds. The van der Waals surface area contributed by atoms with Crippen LogP contribution in [-0.2, 0) is 24.2 Å². The van der Waals surface area contributed by atoms with Gasteiger partial charge in [0.1, 0.15) is 0 Å². The Balaban J connectivity index is 0.000000223. The first kappa shape index (κ1) is 22.8. The summed E-state index contributed by atoms with van der Waals surface area (Å²) in [5, 5.41) is 5.27. The minimum absolute atomic E-state index is 1.01. The second-order valence-electron chi connectivity index (χ2n) is 8.59. The molecule has 0 aromatic heterocycles. The summed E-state index contributed by atoms with van der Waals surface area (Å²) in [4.78, 5) is 0. The number of fused-ring (bicyclic) bond motifs is 3. The number of rotatable bonds is 2. The summed E-state index contributed by atoms with van der Waals surface area (Å²) < 4.78 is 1.76. The summed E-state index contributed by atoms with van der Waals surface area (Å²) in [5.41, 5.74) is 5.06. The SMILES string of the molecule is [C-]1=CC=CC1.[Zr+2]=[C]1CC1.c1ccc(-c2ccc3[cH-]c4ccc(-c5ccccc5)cc4c3c2)cc1. The van der Waals surface area contributed by atoms with Crippen LogP contribution in [0.1, 0.15) is 19.3 Å². The van der Waals surface area contributed by atoms with Crippen molar-refractivity contribution < 1.29 is 24.2 Å².